The molecule has 0 saturated heterocycles. The van der Waals surface area contributed by atoms with E-state index in [1.807, 2.05) is 273 Å². The van der Waals surface area contributed by atoms with E-state index < -0.39 is 62.2 Å². The lowest BCUT2D eigenvalue weighted by atomic mass is 9.34. The maximum absolute atomic E-state index is 16.3. The fraction of sp³-hybridized carbons (Fsp3) is 0.321. The normalized spacial score (nSPS) is 18.1. The predicted octanol–water partition coefficient (Wildman–Crippen LogP) is 17.7. The Bertz CT molecular complexity index is 5130. The smallest absolute Gasteiger partial charge is 0.271 e. The van der Waals surface area contributed by atoms with Gasteiger partial charge in [0.25, 0.3) is 5.91 Å². The van der Waals surface area contributed by atoms with Crippen LogP contribution in [0, 0.1) is 21.7 Å². The van der Waals surface area contributed by atoms with Gasteiger partial charge in [-0.15, -0.1) is 0 Å². The molecule has 20 nitrogen and oxygen atoms in total. The van der Waals surface area contributed by atoms with E-state index in [1.165, 1.54) is 18.2 Å². The fourth-order valence-corrected chi connectivity index (χ4v) is 19.5. The molecule has 20 heteroatoms. The highest BCUT2D eigenvalue weighted by atomic mass is 16.5. The van der Waals surface area contributed by atoms with Crippen LogP contribution in [-0.4, -0.2) is 82.4 Å². The third kappa shape index (κ3) is 23.9. The van der Waals surface area contributed by atoms with Crippen molar-refractivity contribution in [2.75, 3.05) is 32.9 Å². The summed E-state index contributed by atoms with van der Waals surface area (Å²) in [4.78, 5) is 92.8. The number of amides is 1. The summed E-state index contributed by atoms with van der Waals surface area (Å²) in [5.41, 5.74) is 11.6. The molecule has 12 aromatic rings. The zero-order valence-corrected chi connectivity index (χ0v) is 71.3. The highest BCUT2D eigenvalue weighted by molar-refractivity contribution is 5.98. The molecule has 126 heavy (non-hydrogen) atoms. The number of carbonyl (C=O) groups excluding carboxylic acids is 3. The van der Waals surface area contributed by atoms with Gasteiger partial charge < -0.3 is 67.4 Å². The lowest BCUT2D eigenvalue weighted by Crippen LogP contribution is -2.65. The van der Waals surface area contributed by atoms with Crippen molar-refractivity contribution in [3.05, 3.63) is 408 Å². The van der Waals surface area contributed by atoms with Crippen molar-refractivity contribution in [2.24, 2.45) is 27.4 Å². The van der Waals surface area contributed by atoms with E-state index in [-0.39, 0.29) is 151 Å². The van der Waals surface area contributed by atoms with Crippen LogP contribution in [0.1, 0.15) is 146 Å². The second-order valence-corrected chi connectivity index (χ2v) is 34.4. The van der Waals surface area contributed by atoms with Crippen molar-refractivity contribution in [1.82, 2.24) is 19.0 Å². The molecule has 0 spiro atoms. The first kappa shape index (κ1) is 88.6. The van der Waals surface area contributed by atoms with E-state index in [0.29, 0.717) is 71.2 Å². The third-order valence-electron chi connectivity index (χ3n) is 24.6. The summed E-state index contributed by atoms with van der Waals surface area (Å²) < 4.78 is 64.5. The average molecular weight is 1700 g/mol. The molecule has 16 rings (SSSR count). The van der Waals surface area contributed by atoms with Gasteiger partial charge in [0.1, 0.15) is 31.2 Å². The molecule has 9 aromatic carbocycles. The van der Waals surface area contributed by atoms with Crippen LogP contribution in [0.25, 0.3) is 0 Å². The second-order valence-electron chi connectivity index (χ2n) is 34.4. The van der Waals surface area contributed by atoms with Crippen molar-refractivity contribution < 1.29 is 57.0 Å². The second kappa shape index (κ2) is 43.1. The Kier molecular flexibility index (Phi) is 30.3. The number of Topliss-reactive ketones (excluding diaryl/α,β-unsaturated/α-hetero) is 2. The fourth-order valence-electron chi connectivity index (χ4n) is 19.5. The van der Waals surface area contributed by atoms with Crippen LogP contribution in [0.5, 0.6) is 17.2 Å². The molecule has 4 saturated carbocycles. The Morgan fingerprint density at radius 1 is 0.310 bits per heavy atom. The summed E-state index contributed by atoms with van der Waals surface area (Å²) in [5.74, 6) is -1.52. The van der Waals surface area contributed by atoms with Crippen LogP contribution in [0.4, 0.5) is 0 Å². The van der Waals surface area contributed by atoms with Gasteiger partial charge in [0.2, 0.25) is 16.3 Å². The maximum Gasteiger partial charge on any atom is 0.271 e. The molecule has 3 N–H and O–H groups in total. The average Bonchev–Trinajstić information content (AvgIpc) is 0.684. The Hall–Kier alpha value is -12.2. The summed E-state index contributed by atoms with van der Waals surface area (Å²) in [6, 6.07) is 91.8. The van der Waals surface area contributed by atoms with Crippen LogP contribution in [0.15, 0.2) is 324 Å². The van der Waals surface area contributed by atoms with Gasteiger partial charge in [0, 0.05) is 56.2 Å². The van der Waals surface area contributed by atoms with Crippen molar-refractivity contribution in [3.8, 4) is 17.2 Å². The molecule has 3 aromatic heterocycles. The first-order chi connectivity index (χ1) is 61.6. The molecular formula is C106H111N5O15. The highest BCUT2D eigenvalue weighted by Crippen LogP contribution is 2.75. The Labute approximate surface area is 736 Å². The number of ketones is 2. The number of nitrogens with one attached hydrogen (secondary N) is 1. The molecule has 7 atom stereocenters. The number of hydrogen-bond acceptors (Lipinski definition) is 16. The number of hydrogen-bond donors (Lipinski definition) is 2. The van der Waals surface area contributed by atoms with Crippen molar-refractivity contribution >= 4 is 17.5 Å². The molecule has 3 heterocycles. The number of carbonyl (C=O) groups is 3. The van der Waals surface area contributed by atoms with Crippen LogP contribution >= 0.6 is 0 Å². The minimum absolute atomic E-state index is 0.00185. The van der Waals surface area contributed by atoms with E-state index in [1.54, 1.807) is 32.3 Å². The van der Waals surface area contributed by atoms with E-state index in [4.69, 9.17) is 48.4 Å². The highest BCUT2D eigenvalue weighted by Gasteiger charge is 2.67. The predicted molar refractivity (Wildman–Crippen MR) is 484 cm³/mol. The van der Waals surface area contributed by atoms with Gasteiger partial charge in [-0.25, -0.2) is 0 Å². The van der Waals surface area contributed by atoms with Gasteiger partial charge in [-0.1, -0.05) is 273 Å². The molecule has 4 bridgehead atoms. The van der Waals surface area contributed by atoms with E-state index in [2.05, 4.69) is 5.32 Å². The molecule has 650 valence electrons. The largest absolute Gasteiger partial charge is 0.483 e. The van der Waals surface area contributed by atoms with E-state index >= 15 is 14.4 Å². The summed E-state index contributed by atoms with van der Waals surface area (Å²) in [6.45, 7) is 2.72. The summed E-state index contributed by atoms with van der Waals surface area (Å²) >= 11 is 0. The first-order valence-electron chi connectivity index (χ1n) is 43.7. The number of aromatic nitrogens is 3. The van der Waals surface area contributed by atoms with E-state index in [9.17, 15) is 14.4 Å². The van der Waals surface area contributed by atoms with Crippen molar-refractivity contribution in [3.63, 3.8) is 0 Å². The monoisotopic (exact) mass is 1690 g/mol. The Morgan fingerprint density at radius 3 is 0.849 bits per heavy atom. The maximum atomic E-state index is 16.3. The molecule has 0 aliphatic heterocycles. The van der Waals surface area contributed by atoms with Crippen molar-refractivity contribution in [2.45, 2.75) is 162 Å². The van der Waals surface area contributed by atoms with Gasteiger partial charge in [0.05, 0.1) is 97.4 Å². The number of benzene rings is 9. The first-order valence-corrected chi connectivity index (χ1v) is 43.7. The van der Waals surface area contributed by atoms with Gasteiger partial charge in [-0.2, -0.15) is 0 Å². The zero-order valence-electron chi connectivity index (χ0n) is 71.3. The number of nitrogens with two attached hydrogens (primary N) is 1. The minimum Gasteiger partial charge on any atom is -0.483 e. The number of rotatable bonds is 48. The summed E-state index contributed by atoms with van der Waals surface area (Å²) in [7, 11) is 0. The molecule has 1 amide bonds. The SMILES string of the molecule is NCC12CC3(CNC(=O)c4c(OCc5ccccc5)c(=O)ccn4CC(COCc4ccccc4)OCc4ccccc4)C[C@](CCC(=O)c4c(OCc5ccccc5)c(=O)ccn4CC(COCc4ccccc4)OCc4ccccc4)(C1)C[C@](CCC(=O)c1c(OCc4ccccc4)c(=O)ccn1CC(COCc1ccccc1)OCc1ccccc1)(C2)C3. The van der Waals surface area contributed by atoms with Gasteiger partial charge in [0.15, 0.2) is 34.5 Å². The zero-order chi connectivity index (χ0) is 86.8. The summed E-state index contributed by atoms with van der Waals surface area (Å²) in [5, 5.41) is 3.46. The quantitative estimate of drug-likeness (QED) is 0.0337. The molecule has 0 radical (unpaired) electrons. The lowest BCUT2D eigenvalue weighted by Gasteiger charge is -2.71. The molecule has 5 unspecified atom stereocenters. The van der Waals surface area contributed by atoms with Crippen LogP contribution < -0.4 is 41.5 Å². The van der Waals surface area contributed by atoms with Gasteiger partial charge in [-0.3, -0.25) is 28.8 Å². The third-order valence-corrected chi connectivity index (χ3v) is 24.6. The van der Waals surface area contributed by atoms with Crippen molar-refractivity contribution in [1.29, 1.82) is 0 Å². The summed E-state index contributed by atoms with van der Waals surface area (Å²) in [6.07, 6.45) is 7.09. The minimum atomic E-state index is -0.739. The molecule has 4 aliphatic carbocycles. The Balaban J connectivity index is 0.789. The van der Waals surface area contributed by atoms with Crippen LogP contribution in [0.2, 0.25) is 0 Å². The van der Waals surface area contributed by atoms with Crippen LogP contribution in [-0.2, 0) is 108 Å². The number of pyridine rings is 3. The standard InChI is InChI=1S/C106H111N5O15/c107-77-105-72-103(51-46-91(112)96-99(124-65-85-40-22-7-23-41-85)93(114)48-53-109(96)56-88(121-62-82-34-16-4-17-35-82)68-118-59-79-28-10-1-11-29-79)71-104(73-105,52-47-92(113)97-100(125-66-86-42-24-8-25-43-86)94(115)49-54-110(97)57-89(122-63-83-36-18-5-19-37-83)69-119-60-80-30-12-2-13-31-80)75-106(74-103,76-105)78-108-102(117)98-101(126-67-87-44-26-9-27-45-87)95(116)50-55-111(98)58-90(123-64-84-38-20-6-21-39-84)70-120-61-81-32-14-3-15-33-81/h1-45,48-50,53-55,88-90H,46-47,51-52,56-78,107H2,(H,108,117)/t88?,89?,90?,103-,104+,105?,106?. The van der Waals surface area contributed by atoms with Crippen LogP contribution in [0.3, 0.4) is 0 Å². The molecule has 4 fully saturated rings. The lowest BCUT2D eigenvalue weighted by molar-refractivity contribution is -0.200. The topological polar surface area (TPSA) is 238 Å². The van der Waals surface area contributed by atoms with Gasteiger partial charge >= 0.3 is 0 Å². The molecular weight excluding hydrogens is 1580 g/mol. The Morgan fingerprint density at radius 2 is 0.556 bits per heavy atom. The van der Waals surface area contributed by atoms with Gasteiger partial charge in [-0.05, 0) is 130 Å². The number of nitrogens with zero attached hydrogens (tertiary/aromatic N) is 3. The number of ether oxygens (including phenoxy) is 9. The molecule has 4 aliphatic rings. The van der Waals surface area contributed by atoms with E-state index in [0.717, 1.165) is 50.1 Å².